The summed E-state index contributed by atoms with van der Waals surface area (Å²) in [5, 5.41) is 18.7. The largest absolute Gasteiger partial charge is 0.477 e. The molecule has 108 valence electrons. The van der Waals surface area contributed by atoms with Crippen LogP contribution in [0.3, 0.4) is 0 Å². The van der Waals surface area contributed by atoms with Gasteiger partial charge in [-0.15, -0.1) is 6.58 Å². The number of rotatable bonds is 5. The minimum atomic E-state index is -1.02. The molecule has 1 saturated heterocycles. The maximum absolute atomic E-state index is 11.0. The summed E-state index contributed by atoms with van der Waals surface area (Å²) < 4.78 is 0. The van der Waals surface area contributed by atoms with Crippen molar-refractivity contribution in [3.05, 3.63) is 36.5 Å². The Balaban J connectivity index is 2.22. The van der Waals surface area contributed by atoms with Crippen LogP contribution < -0.4 is 4.90 Å². The third-order valence-electron chi connectivity index (χ3n) is 3.85. The van der Waals surface area contributed by atoms with Crippen LogP contribution in [0.2, 0.25) is 0 Å². The zero-order valence-electron chi connectivity index (χ0n) is 11.5. The Kier molecular flexibility index (Phi) is 4.39. The zero-order valence-corrected chi connectivity index (χ0v) is 11.5. The van der Waals surface area contributed by atoms with Crippen LogP contribution in [-0.4, -0.2) is 40.9 Å². The van der Waals surface area contributed by atoms with E-state index in [1.807, 2.05) is 12.1 Å². The van der Waals surface area contributed by atoms with Gasteiger partial charge in [-0.2, -0.15) is 0 Å². The first-order valence-corrected chi connectivity index (χ1v) is 6.77. The highest BCUT2D eigenvalue weighted by atomic mass is 16.4. The van der Waals surface area contributed by atoms with Gasteiger partial charge < -0.3 is 15.1 Å². The molecule has 20 heavy (non-hydrogen) atoms. The molecule has 0 radical (unpaired) electrons. The lowest BCUT2D eigenvalue weighted by atomic mass is 9.78. The molecule has 0 bridgehead atoms. The predicted octanol–water partition coefficient (Wildman–Crippen LogP) is 1.93. The molecule has 0 aliphatic carbocycles. The molecule has 2 heterocycles. The number of carboxylic acid groups (broad SMARTS) is 1. The van der Waals surface area contributed by atoms with E-state index in [1.54, 1.807) is 6.07 Å². The van der Waals surface area contributed by atoms with Crippen LogP contribution in [0, 0.1) is 5.41 Å². The highest BCUT2D eigenvalue weighted by molar-refractivity contribution is 5.85. The van der Waals surface area contributed by atoms with Gasteiger partial charge in [0.2, 0.25) is 0 Å². The van der Waals surface area contributed by atoms with Gasteiger partial charge in [-0.3, -0.25) is 0 Å². The Morgan fingerprint density at radius 2 is 2.35 bits per heavy atom. The molecular weight excluding hydrogens is 256 g/mol. The molecule has 2 rings (SSSR count). The van der Waals surface area contributed by atoms with Gasteiger partial charge in [0.15, 0.2) is 5.69 Å². The summed E-state index contributed by atoms with van der Waals surface area (Å²) in [4.78, 5) is 17.2. The number of carboxylic acids is 1. The lowest BCUT2D eigenvalue weighted by Gasteiger charge is -2.42. The average molecular weight is 276 g/mol. The molecule has 0 amide bonds. The topological polar surface area (TPSA) is 73.7 Å². The third-order valence-corrected chi connectivity index (χ3v) is 3.85. The van der Waals surface area contributed by atoms with Crippen molar-refractivity contribution >= 4 is 11.8 Å². The first-order chi connectivity index (χ1) is 9.60. The van der Waals surface area contributed by atoms with Crippen molar-refractivity contribution in [3.63, 3.8) is 0 Å². The average Bonchev–Trinajstić information content (AvgIpc) is 2.48. The second-order valence-electron chi connectivity index (χ2n) is 5.36. The van der Waals surface area contributed by atoms with Gasteiger partial charge >= 0.3 is 5.97 Å². The van der Waals surface area contributed by atoms with E-state index in [-0.39, 0.29) is 17.7 Å². The molecule has 0 aromatic carbocycles. The summed E-state index contributed by atoms with van der Waals surface area (Å²) in [6.45, 7) is 5.37. The van der Waals surface area contributed by atoms with Crippen molar-refractivity contribution in [2.24, 2.45) is 5.41 Å². The quantitative estimate of drug-likeness (QED) is 0.804. The monoisotopic (exact) mass is 276 g/mol. The first-order valence-electron chi connectivity index (χ1n) is 6.77. The lowest BCUT2D eigenvalue weighted by molar-refractivity contribution is 0.0690. The van der Waals surface area contributed by atoms with Crippen LogP contribution in [-0.2, 0) is 0 Å². The number of anilines is 1. The molecule has 5 nitrogen and oxygen atoms in total. The maximum atomic E-state index is 11.0. The lowest BCUT2D eigenvalue weighted by Crippen LogP contribution is -2.45. The summed E-state index contributed by atoms with van der Waals surface area (Å²) in [6.07, 6.45) is 4.48. The van der Waals surface area contributed by atoms with E-state index >= 15 is 0 Å². The molecule has 2 N–H and O–H groups in total. The molecule has 1 aliphatic rings. The number of aromatic nitrogens is 1. The van der Waals surface area contributed by atoms with Gasteiger partial charge in [0.05, 0.1) is 6.61 Å². The fourth-order valence-corrected chi connectivity index (χ4v) is 2.79. The van der Waals surface area contributed by atoms with E-state index in [9.17, 15) is 9.90 Å². The number of pyridine rings is 1. The van der Waals surface area contributed by atoms with E-state index < -0.39 is 5.97 Å². The Labute approximate surface area is 118 Å². The van der Waals surface area contributed by atoms with Gasteiger partial charge in [-0.1, -0.05) is 12.1 Å². The zero-order chi connectivity index (χ0) is 14.6. The normalized spacial score (nSPS) is 22.6. The van der Waals surface area contributed by atoms with Crippen molar-refractivity contribution in [1.82, 2.24) is 4.98 Å². The smallest absolute Gasteiger partial charge is 0.354 e. The number of carbonyl (C=O) groups is 1. The van der Waals surface area contributed by atoms with Gasteiger partial charge in [-0.05, 0) is 31.4 Å². The van der Waals surface area contributed by atoms with E-state index in [2.05, 4.69) is 16.5 Å². The highest BCUT2D eigenvalue weighted by Gasteiger charge is 2.34. The van der Waals surface area contributed by atoms with E-state index in [1.165, 1.54) is 6.07 Å². The Bertz CT molecular complexity index is 504. The van der Waals surface area contributed by atoms with Crippen LogP contribution in [0.5, 0.6) is 0 Å². The van der Waals surface area contributed by atoms with Crippen LogP contribution in [0.4, 0.5) is 5.82 Å². The molecule has 1 aromatic heterocycles. The van der Waals surface area contributed by atoms with Crippen LogP contribution in [0.15, 0.2) is 30.9 Å². The maximum Gasteiger partial charge on any atom is 0.354 e. The van der Waals surface area contributed by atoms with Crippen LogP contribution in [0.25, 0.3) is 0 Å². The molecule has 1 atom stereocenters. The van der Waals surface area contributed by atoms with Crippen molar-refractivity contribution < 1.29 is 15.0 Å². The van der Waals surface area contributed by atoms with Gasteiger partial charge in [0.1, 0.15) is 5.82 Å². The Morgan fingerprint density at radius 3 is 3.00 bits per heavy atom. The number of piperidine rings is 1. The summed E-state index contributed by atoms with van der Waals surface area (Å²) in [5.41, 5.74) is -0.146. The fraction of sp³-hybridized carbons (Fsp3) is 0.467. The number of aliphatic hydroxyl groups is 1. The number of aromatic carboxylic acids is 1. The second kappa shape index (κ2) is 6.05. The van der Waals surface area contributed by atoms with Crippen LogP contribution in [0.1, 0.15) is 29.8 Å². The fourth-order valence-electron chi connectivity index (χ4n) is 2.79. The van der Waals surface area contributed by atoms with E-state index in [0.29, 0.717) is 12.4 Å². The second-order valence-corrected chi connectivity index (χ2v) is 5.36. The van der Waals surface area contributed by atoms with Crippen molar-refractivity contribution in [3.8, 4) is 0 Å². The Morgan fingerprint density at radius 1 is 1.55 bits per heavy atom. The highest BCUT2D eigenvalue weighted by Crippen LogP contribution is 2.35. The van der Waals surface area contributed by atoms with E-state index in [0.717, 1.165) is 25.8 Å². The van der Waals surface area contributed by atoms with E-state index in [4.69, 9.17) is 5.11 Å². The number of hydrogen-bond acceptors (Lipinski definition) is 4. The minimum absolute atomic E-state index is 0.0476. The van der Waals surface area contributed by atoms with Gasteiger partial charge in [-0.25, -0.2) is 9.78 Å². The molecule has 1 aromatic rings. The van der Waals surface area contributed by atoms with Gasteiger partial charge in [0, 0.05) is 18.5 Å². The summed E-state index contributed by atoms with van der Waals surface area (Å²) in [7, 11) is 0. The van der Waals surface area contributed by atoms with Crippen molar-refractivity contribution in [1.29, 1.82) is 0 Å². The molecule has 0 spiro atoms. The Hall–Kier alpha value is -1.88. The van der Waals surface area contributed by atoms with Crippen LogP contribution >= 0.6 is 0 Å². The van der Waals surface area contributed by atoms with Gasteiger partial charge in [0.25, 0.3) is 0 Å². The number of aliphatic hydroxyl groups excluding tert-OH is 1. The molecule has 0 saturated carbocycles. The molecular formula is C15H20N2O3. The third kappa shape index (κ3) is 2.99. The number of hydrogen-bond donors (Lipinski definition) is 2. The summed E-state index contributed by atoms with van der Waals surface area (Å²) in [5.74, 6) is -0.366. The molecule has 1 fully saturated rings. The predicted molar refractivity (Wildman–Crippen MR) is 77.0 cm³/mol. The number of allylic oxidation sites excluding steroid dienone is 1. The molecule has 1 aliphatic heterocycles. The minimum Gasteiger partial charge on any atom is -0.477 e. The summed E-state index contributed by atoms with van der Waals surface area (Å²) >= 11 is 0. The van der Waals surface area contributed by atoms with Crippen molar-refractivity contribution in [2.45, 2.75) is 19.3 Å². The number of nitrogens with zero attached hydrogens (tertiary/aromatic N) is 2. The SMILES string of the molecule is C=CCC1(CO)CCCN(c2cccc(C(=O)O)n2)C1. The van der Waals surface area contributed by atoms with Crippen molar-refractivity contribution in [2.75, 3.05) is 24.6 Å². The summed E-state index contributed by atoms with van der Waals surface area (Å²) in [6, 6.07) is 5.00. The molecule has 1 unspecified atom stereocenters. The standard InChI is InChI=1S/C15H20N2O3/c1-2-7-15(11-18)8-4-9-17(10-15)13-6-3-5-12(16-13)14(19)20/h2-3,5-6,18H,1,4,7-11H2,(H,19,20). The molecule has 5 heteroatoms. The first kappa shape index (κ1) is 14.5.